The Balaban J connectivity index is 2.23. The van der Waals surface area contributed by atoms with E-state index in [1.807, 2.05) is 0 Å². The molecule has 56 valence electrons. The Morgan fingerprint density at radius 3 is 2.50 bits per heavy atom. The molecule has 0 heterocycles. The van der Waals surface area contributed by atoms with Crippen LogP contribution in [-0.2, 0) is 0 Å². The Labute approximate surface area is 63.3 Å². The molecule has 2 atom stereocenters. The molecule has 0 aliphatic heterocycles. The van der Waals surface area contributed by atoms with Crippen LogP contribution in [0.15, 0.2) is 12.2 Å². The molecule has 2 bridgehead atoms. The van der Waals surface area contributed by atoms with Gasteiger partial charge >= 0.3 is 0 Å². The van der Waals surface area contributed by atoms with Gasteiger partial charge in [-0.2, -0.15) is 0 Å². The summed E-state index contributed by atoms with van der Waals surface area (Å²) in [4.78, 5) is 0. The second-order valence-electron chi connectivity index (χ2n) is 4.50. The Morgan fingerprint density at radius 2 is 2.20 bits per heavy atom. The van der Waals surface area contributed by atoms with Gasteiger partial charge in [0.25, 0.3) is 0 Å². The minimum atomic E-state index is 0.606. The Hall–Kier alpha value is -0.260. The first-order valence-corrected chi connectivity index (χ1v) is 4.30. The molecule has 0 unspecified atom stereocenters. The van der Waals surface area contributed by atoms with Crippen molar-refractivity contribution < 1.29 is 0 Å². The van der Waals surface area contributed by atoms with Crippen molar-refractivity contribution in [2.75, 3.05) is 0 Å². The molecule has 3 fully saturated rings. The minimum Gasteiger partial charge on any atom is -0.0996 e. The van der Waals surface area contributed by atoms with Crippen molar-refractivity contribution in [2.45, 2.75) is 33.1 Å². The first kappa shape index (κ1) is 6.45. The van der Waals surface area contributed by atoms with E-state index in [2.05, 4.69) is 20.4 Å². The summed E-state index contributed by atoms with van der Waals surface area (Å²) in [6.45, 7) is 8.93. The predicted molar refractivity (Wildman–Crippen MR) is 43.8 cm³/mol. The highest BCUT2D eigenvalue weighted by atomic mass is 14.6. The number of hydrogen-bond donors (Lipinski definition) is 0. The zero-order valence-electron chi connectivity index (χ0n) is 6.98. The SMILES string of the molecule is C=C1CC[C@@H]2C[C@@H]1C2(C)C. The summed E-state index contributed by atoms with van der Waals surface area (Å²) in [6.07, 6.45) is 4.15. The molecule has 3 rings (SSSR count). The highest BCUT2D eigenvalue weighted by Crippen LogP contribution is 2.60. The van der Waals surface area contributed by atoms with Crippen LogP contribution in [0, 0.1) is 17.3 Å². The summed E-state index contributed by atoms with van der Waals surface area (Å²) in [6, 6.07) is 0. The van der Waals surface area contributed by atoms with Gasteiger partial charge in [0, 0.05) is 0 Å². The summed E-state index contributed by atoms with van der Waals surface area (Å²) < 4.78 is 0. The topological polar surface area (TPSA) is 0 Å². The average Bonchev–Trinajstić information content (AvgIpc) is 1.87. The summed E-state index contributed by atoms with van der Waals surface area (Å²) >= 11 is 0. The van der Waals surface area contributed by atoms with Gasteiger partial charge in [0.15, 0.2) is 0 Å². The van der Waals surface area contributed by atoms with Gasteiger partial charge in [-0.25, -0.2) is 0 Å². The fourth-order valence-electron chi connectivity index (χ4n) is 2.73. The average molecular weight is 136 g/mol. The fourth-order valence-corrected chi connectivity index (χ4v) is 2.73. The highest BCUT2D eigenvalue weighted by Gasteiger charge is 2.51. The van der Waals surface area contributed by atoms with Crippen LogP contribution in [0.2, 0.25) is 0 Å². The van der Waals surface area contributed by atoms with Crippen LogP contribution in [0.25, 0.3) is 0 Å². The number of allylic oxidation sites excluding steroid dienone is 1. The van der Waals surface area contributed by atoms with Gasteiger partial charge in [0.1, 0.15) is 0 Å². The zero-order chi connectivity index (χ0) is 7.35. The molecule has 0 nitrogen and oxygen atoms in total. The zero-order valence-corrected chi connectivity index (χ0v) is 6.98. The third-order valence-electron chi connectivity index (χ3n) is 3.78. The van der Waals surface area contributed by atoms with E-state index in [-0.39, 0.29) is 0 Å². The monoisotopic (exact) mass is 136 g/mol. The van der Waals surface area contributed by atoms with E-state index in [1.54, 1.807) is 0 Å². The van der Waals surface area contributed by atoms with Crippen LogP contribution in [-0.4, -0.2) is 0 Å². The van der Waals surface area contributed by atoms with Crippen LogP contribution >= 0.6 is 0 Å². The maximum atomic E-state index is 4.13. The number of rotatable bonds is 0. The molecule has 3 saturated carbocycles. The first-order chi connectivity index (χ1) is 4.62. The van der Waals surface area contributed by atoms with E-state index in [1.165, 1.54) is 24.8 Å². The van der Waals surface area contributed by atoms with Crippen LogP contribution in [0.3, 0.4) is 0 Å². The lowest BCUT2D eigenvalue weighted by Gasteiger charge is -2.57. The predicted octanol–water partition coefficient (Wildman–Crippen LogP) is 3.00. The lowest BCUT2D eigenvalue weighted by molar-refractivity contribution is -0.0273. The molecule has 3 aliphatic carbocycles. The van der Waals surface area contributed by atoms with Gasteiger partial charge in [0.2, 0.25) is 0 Å². The van der Waals surface area contributed by atoms with Crippen LogP contribution in [0.4, 0.5) is 0 Å². The summed E-state index contributed by atoms with van der Waals surface area (Å²) in [5, 5.41) is 0. The quantitative estimate of drug-likeness (QED) is 0.449. The van der Waals surface area contributed by atoms with Crippen molar-refractivity contribution in [1.82, 2.24) is 0 Å². The highest BCUT2D eigenvalue weighted by molar-refractivity contribution is 5.18. The molecule has 0 aromatic rings. The first-order valence-electron chi connectivity index (χ1n) is 4.30. The summed E-state index contributed by atoms with van der Waals surface area (Å²) in [5.41, 5.74) is 2.13. The molecule has 0 aromatic carbocycles. The standard InChI is InChI=1S/C10H16/c1-7-4-5-8-6-9(7)10(8,2)3/h8-9H,1,4-6H2,2-3H3/t8-,9+/m1/s1. The molecule has 0 spiro atoms. The molecular weight excluding hydrogens is 120 g/mol. The number of fused-ring (bicyclic) bond motifs is 2. The van der Waals surface area contributed by atoms with Gasteiger partial charge in [-0.1, -0.05) is 26.0 Å². The van der Waals surface area contributed by atoms with Gasteiger partial charge < -0.3 is 0 Å². The van der Waals surface area contributed by atoms with Crippen molar-refractivity contribution in [1.29, 1.82) is 0 Å². The molecule has 0 amide bonds. The van der Waals surface area contributed by atoms with Crippen molar-refractivity contribution in [3.8, 4) is 0 Å². The lowest BCUT2D eigenvalue weighted by Crippen LogP contribution is -2.48. The van der Waals surface area contributed by atoms with Crippen molar-refractivity contribution in [3.05, 3.63) is 12.2 Å². The molecule has 0 aromatic heterocycles. The third kappa shape index (κ3) is 0.574. The maximum Gasteiger partial charge on any atom is -0.0149 e. The van der Waals surface area contributed by atoms with E-state index in [0.717, 1.165) is 11.8 Å². The molecule has 0 saturated heterocycles. The van der Waals surface area contributed by atoms with Crippen LogP contribution in [0.1, 0.15) is 33.1 Å². The van der Waals surface area contributed by atoms with Gasteiger partial charge in [-0.3, -0.25) is 0 Å². The fraction of sp³-hybridized carbons (Fsp3) is 0.800. The molecular formula is C10H16. The van der Waals surface area contributed by atoms with E-state index >= 15 is 0 Å². The Kier molecular flexibility index (Phi) is 1.07. The third-order valence-corrected chi connectivity index (χ3v) is 3.78. The molecule has 0 radical (unpaired) electrons. The second kappa shape index (κ2) is 1.66. The van der Waals surface area contributed by atoms with Crippen molar-refractivity contribution in [2.24, 2.45) is 17.3 Å². The van der Waals surface area contributed by atoms with E-state index in [0.29, 0.717) is 5.41 Å². The normalized spacial score (nSPS) is 42.8. The smallest absolute Gasteiger partial charge is 0.0149 e. The summed E-state index contributed by atoms with van der Waals surface area (Å²) in [7, 11) is 0. The second-order valence-corrected chi connectivity index (χ2v) is 4.50. The maximum absolute atomic E-state index is 4.13. The van der Waals surface area contributed by atoms with E-state index < -0.39 is 0 Å². The molecule has 0 heteroatoms. The lowest BCUT2D eigenvalue weighted by atomic mass is 9.47. The van der Waals surface area contributed by atoms with Crippen molar-refractivity contribution in [3.63, 3.8) is 0 Å². The van der Waals surface area contributed by atoms with E-state index in [4.69, 9.17) is 0 Å². The van der Waals surface area contributed by atoms with Gasteiger partial charge in [-0.05, 0) is 36.5 Å². The van der Waals surface area contributed by atoms with Crippen LogP contribution < -0.4 is 0 Å². The largest absolute Gasteiger partial charge is 0.0996 e. The molecule has 3 aliphatic rings. The Bertz CT molecular complexity index is 174. The van der Waals surface area contributed by atoms with E-state index in [9.17, 15) is 0 Å². The number of hydrogen-bond acceptors (Lipinski definition) is 0. The van der Waals surface area contributed by atoms with Gasteiger partial charge in [0.05, 0.1) is 0 Å². The van der Waals surface area contributed by atoms with Gasteiger partial charge in [-0.15, -0.1) is 0 Å². The minimum absolute atomic E-state index is 0.606. The molecule has 0 N–H and O–H groups in total. The summed E-state index contributed by atoms with van der Waals surface area (Å²) in [5.74, 6) is 1.88. The van der Waals surface area contributed by atoms with Crippen LogP contribution in [0.5, 0.6) is 0 Å². The van der Waals surface area contributed by atoms with Crippen molar-refractivity contribution >= 4 is 0 Å². The Morgan fingerprint density at radius 1 is 1.50 bits per heavy atom. The molecule has 10 heavy (non-hydrogen) atoms.